The van der Waals surface area contributed by atoms with Gasteiger partial charge in [0.1, 0.15) is 12.3 Å². The standard InChI is InChI=1S/C22H18ClN5O4/c1-32-18-5-4-15(11-16(18)23)26-19(29)13-27-17-3-2-8-25-20(17)21(30)28(22(27)31)12-14-6-9-24-10-7-14/h2-11H,12-13H2,1H3,(H,26,29). The maximum Gasteiger partial charge on any atom is 0.332 e. The van der Waals surface area contributed by atoms with Gasteiger partial charge >= 0.3 is 5.69 Å². The number of nitrogens with zero attached hydrogens (tertiary/aromatic N) is 4. The summed E-state index contributed by atoms with van der Waals surface area (Å²) in [5.41, 5.74) is 0.397. The maximum absolute atomic E-state index is 13.2. The molecule has 0 fully saturated rings. The van der Waals surface area contributed by atoms with Gasteiger partial charge in [0.2, 0.25) is 5.91 Å². The van der Waals surface area contributed by atoms with Gasteiger partial charge in [-0.1, -0.05) is 11.6 Å². The number of carbonyl (C=O) groups excluding carboxylic acids is 1. The van der Waals surface area contributed by atoms with Gasteiger partial charge in [-0.25, -0.2) is 9.78 Å². The van der Waals surface area contributed by atoms with E-state index in [4.69, 9.17) is 16.3 Å². The molecule has 4 aromatic rings. The minimum Gasteiger partial charge on any atom is -0.495 e. The predicted octanol–water partition coefficient (Wildman–Crippen LogP) is 2.30. The first kappa shape index (κ1) is 21.3. The number of nitrogens with one attached hydrogen (secondary N) is 1. The van der Waals surface area contributed by atoms with Gasteiger partial charge in [-0.2, -0.15) is 0 Å². The van der Waals surface area contributed by atoms with Crippen molar-refractivity contribution in [3.05, 3.63) is 92.5 Å². The van der Waals surface area contributed by atoms with Crippen LogP contribution in [0.4, 0.5) is 5.69 Å². The number of benzene rings is 1. The first-order chi connectivity index (χ1) is 15.5. The summed E-state index contributed by atoms with van der Waals surface area (Å²) in [6.07, 6.45) is 4.62. The van der Waals surface area contributed by atoms with Crippen molar-refractivity contribution in [1.29, 1.82) is 0 Å². The van der Waals surface area contributed by atoms with E-state index >= 15 is 0 Å². The van der Waals surface area contributed by atoms with Crippen LogP contribution >= 0.6 is 11.6 Å². The first-order valence-electron chi connectivity index (χ1n) is 9.58. The highest BCUT2D eigenvalue weighted by Crippen LogP contribution is 2.27. The van der Waals surface area contributed by atoms with Crippen LogP contribution in [0.2, 0.25) is 5.02 Å². The van der Waals surface area contributed by atoms with Gasteiger partial charge < -0.3 is 10.1 Å². The van der Waals surface area contributed by atoms with Crippen molar-refractivity contribution in [2.75, 3.05) is 12.4 Å². The van der Waals surface area contributed by atoms with Gasteiger partial charge in [-0.3, -0.25) is 23.7 Å². The zero-order valence-corrected chi connectivity index (χ0v) is 17.7. The normalized spacial score (nSPS) is 10.8. The molecule has 0 unspecified atom stereocenters. The zero-order chi connectivity index (χ0) is 22.7. The molecule has 32 heavy (non-hydrogen) atoms. The summed E-state index contributed by atoms with van der Waals surface area (Å²) in [6.45, 7) is -0.288. The summed E-state index contributed by atoms with van der Waals surface area (Å²) in [7, 11) is 1.49. The number of aromatic nitrogens is 4. The molecule has 0 aliphatic heterocycles. The zero-order valence-electron chi connectivity index (χ0n) is 17.0. The lowest BCUT2D eigenvalue weighted by Gasteiger charge is -2.14. The third-order valence-corrected chi connectivity index (χ3v) is 5.11. The lowest BCUT2D eigenvalue weighted by Crippen LogP contribution is -2.42. The van der Waals surface area contributed by atoms with E-state index in [1.165, 1.54) is 17.9 Å². The summed E-state index contributed by atoms with van der Waals surface area (Å²) < 4.78 is 7.39. The van der Waals surface area contributed by atoms with E-state index in [0.29, 0.717) is 16.5 Å². The van der Waals surface area contributed by atoms with Gasteiger partial charge in [-0.05, 0) is 48.0 Å². The van der Waals surface area contributed by atoms with Crippen LogP contribution in [0.15, 0.2) is 70.6 Å². The Balaban J connectivity index is 1.71. The summed E-state index contributed by atoms with van der Waals surface area (Å²) in [6, 6.07) is 11.4. The Labute approximate surface area is 186 Å². The van der Waals surface area contributed by atoms with Crippen LogP contribution in [-0.2, 0) is 17.9 Å². The Kier molecular flexibility index (Phi) is 6.00. The number of fused-ring (bicyclic) bond motifs is 1. The van der Waals surface area contributed by atoms with Crippen LogP contribution in [0.5, 0.6) is 5.75 Å². The molecule has 3 heterocycles. The SMILES string of the molecule is COc1ccc(NC(=O)Cn2c(=O)n(Cc3ccncc3)c(=O)c3ncccc32)cc1Cl. The van der Waals surface area contributed by atoms with E-state index in [1.54, 1.807) is 54.9 Å². The fourth-order valence-corrected chi connectivity index (χ4v) is 3.55. The van der Waals surface area contributed by atoms with E-state index in [2.05, 4.69) is 15.3 Å². The topological polar surface area (TPSA) is 108 Å². The molecular weight excluding hydrogens is 434 g/mol. The maximum atomic E-state index is 13.2. The molecule has 4 rings (SSSR count). The number of methoxy groups -OCH3 is 1. The molecule has 0 atom stereocenters. The number of anilines is 1. The lowest BCUT2D eigenvalue weighted by molar-refractivity contribution is -0.116. The first-order valence-corrected chi connectivity index (χ1v) is 9.96. The Morgan fingerprint density at radius 2 is 1.88 bits per heavy atom. The Morgan fingerprint density at radius 3 is 2.59 bits per heavy atom. The molecule has 162 valence electrons. The highest BCUT2D eigenvalue weighted by Gasteiger charge is 2.17. The van der Waals surface area contributed by atoms with E-state index in [-0.39, 0.29) is 24.1 Å². The third-order valence-electron chi connectivity index (χ3n) is 4.81. The molecular formula is C22H18ClN5O4. The van der Waals surface area contributed by atoms with Gasteiger partial charge in [0, 0.05) is 24.3 Å². The van der Waals surface area contributed by atoms with Gasteiger partial charge in [-0.15, -0.1) is 0 Å². The molecule has 0 spiro atoms. The molecule has 0 radical (unpaired) electrons. The van der Waals surface area contributed by atoms with Crippen LogP contribution in [-0.4, -0.2) is 32.1 Å². The molecule has 1 N–H and O–H groups in total. The van der Waals surface area contributed by atoms with E-state index in [9.17, 15) is 14.4 Å². The second-order valence-electron chi connectivity index (χ2n) is 6.88. The molecule has 1 aromatic carbocycles. The van der Waals surface area contributed by atoms with Crippen molar-refractivity contribution in [2.45, 2.75) is 13.1 Å². The van der Waals surface area contributed by atoms with Gasteiger partial charge in [0.15, 0.2) is 5.52 Å². The molecule has 10 heteroatoms. The number of pyridine rings is 2. The minimum absolute atomic E-state index is 0.0302. The highest BCUT2D eigenvalue weighted by atomic mass is 35.5. The minimum atomic E-state index is -0.616. The summed E-state index contributed by atoms with van der Waals surface area (Å²) in [5.74, 6) is 0.00809. The predicted molar refractivity (Wildman–Crippen MR) is 120 cm³/mol. The fourth-order valence-electron chi connectivity index (χ4n) is 3.29. The summed E-state index contributed by atoms with van der Waals surface area (Å²) >= 11 is 6.11. The smallest absolute Gasteiger partial charge is 0.332 e. The highest BCUT2D eigenvalue weighted by molar-refractivity contribution is 6.32. The van der Waals surface area contributed by atoms with Crippen molar-refractivity contribution >= 4 is 34.2 Å². The number of amides is 1. The van der Waals surface area contributed by atoms with Crippen LogP contribution < -0.4 is 21.3 Å². The van der Waals surface area contributed by atoms with Crippen LogP contribution in [0.1, 0.15) is 5.56 Å². The number of hydrogen-bond acceptors (Lipinski definition) is 6. The van der Waals surface area contributed by atoms with Crippen LogP contribution in [0.3, 0.4) is 0 Å². The van der Waals surface area contributed by atoms with Crippen molar-refractivity contribution < 1.29 is 9.53 Å². The molecule has 0 aliphatic carbocycles. The number of carbonyl (C=O) groups is 1. The number of ether oxygens (including phenoxy) is 1. The van der Waals surface area contributed by atoms with Crippen molar-refractivity contribution in [3.63, 3.8) is 0 Å². The quantitative estimate of drug-likeness (QED) is 0.482. The van der Waals surface area contributed by atoms with Crippen molar-refractivity contribution in [3.8, 4) is 5.75 Å². The second-order valence-corrected chi connectivity index (χ2v) is 7.29. The van der Waals surface area contributed by atoms with Gasteiger partial charge in [0.05, 0.1) is 24.2 Å². The van der Waals surface area contributed by atoms with Crippen molar-refractivity contribution in [2.24, 2.45) is 0 Å². The number of halogens is 1. The molecule has 0 bridgehead atoms. The lowest BCUT2D eigenvalue weighted by atomic mass is 10.2. The average Bonchev–Trinajstić information content (AvgIpc) is 2.80. The monoisotopic (exact) mass is 451 g/mol. The average molecular weight is 452 g/mol. The third kappa shape index (κ3) is 4.23. The van der Waals surface area contributed by atoms with E-state index < -0.39 is 17.2 Å². The molecule has 1 amide bonds. The van der Waals surface area contributed by atoms with Crippen LogP contribution in [0, 0.1) is 0 Å². The van der Waals surface area contributed by atoms with E-state index in [0.717, 1.165) is 10.1 Å². The molecule has 3 aromatic heterocycles. The number of hydrogen-bond donors (Lipinski definition) is 1. The number of rotatable bonds is 6. The second kappa shape index (κ2) is 9.03. The Hall–Kier alpha value is -3.98. The molecule has 9 nitrogen and oxygen atoms in total. The summed E-state index contributed by atoms with van der Waals surface area (Å²) in [5, 5.41) is 3.04. The van der Waals surface area contributed by atoms with Gasteiger partial charge in [0.25, 0.3) is 5.56 Å². The molecule has 0 saturated heterocycles. The summed E-state index contributed by atoms with van der Waals surface area (Å²) in [4.78, 5) is 46.9. The van der Waals surface area contributed by atoms with Crippen molar-refractivity contribution in [1.82, 2.24) is 19.1 Å². The van der Waals surface area contributed by atoms with Crippen LogP contribution in [0.25, 0.3) is 11.0 Å². The fraction of sp³-hybridized carbons (Fsp3) is 0.136. The van der Waals surface area contributed by atoms with E-state index in [1.807, 2.05) is 0 Å². The largest absolute Gasteiger partial charge is 0.495 e. The Morgan fingerprint density at radius 1 is 1.09 bits per heavy atom. The molecule has 0 saturated carbocycles. The molecule has 0 aliphatic rings. The Bertz CT molecular complexity index is 1420.